The third-order valence-electron chi connectivity index (χ3n) is 6.22. The Morgan fingerprint density at radius 2 is 1.63 bits per heavy atom. The van der Waals surface area contributed by atoms with E-state index in [2.05, 4.69) is 91.3 Å². The van der Waals surface area contributed by atoms with Gasteiger partial charge in [0.15, 0.2) is 0 Å². The van der Waals surface area contributed by atoms with E-state index >= 15 is 0 Å². The van der Waals surface area contributed by atoms with Crippen LogP contribution in [-0.2, 0) is 12.0 Å². The van der Waals surface area contributed by atoms with Crippen molar-refractivity contribution in [2.45, 2.75) is 44.4 Å². The van der Waals surface area contributed by atoms with Crippen LogP contribution in [0.25, 0.3) is 0 Å². The fourth-order valence-corrected chi connectivity index (χ4v) is 8.23. The first-order valence-corrected chi connectivity index (χ1v) is 13.9. The lowest BCUT2D eigenvalue weighted by molar-refractivity contribution is 0.346. The number of benzene rings is 2. The number of hydrogen-bond donors (Lipinski definition) is 0. The van der Waals surface area contributed by atoms with Crippen molar-refractivity contribution in [2.24, 2.45) is 5.92 Å². The number of hydrogen-bond acceptors (Lipinski definition) is 1. The van der Waals surface area contributed by atoms with Gasteiger partial charge in [0.1, 0.15) is 0 Å². The standard InChI is InChI=1S/C24H29NSSi/c1-27(2,3)22-16-10-15-21-18-25(17-19-11-6-4-7-12-19)23(26)24(21,22)20-13-8-5-9-14-20/h4-9,11-14,16,21H,10,15,17-18H2,1-3H3/t21-,24+/m0/s1. The van der Waals surface area contributed by atoms with Gasteiger partial charge in [0.25, 0.3) is 0 Å². The van der Waals surface area contributed by atoms with Crippen LogP contribution in [0, 0.1) is 5.92 Å². The van der Waals surface area contributed by atoms with Gasteiger partial charge >= 0.3 is 0 Å². The van der Waals surface area contributed by atoms with Crippen molar-refractivity contribution in [1.82, 2.24) is 4.90 Å². The lowest BCUT2D eigenvalue weighted by Gasteiger charge is -2.45. The number of likely N-dealkylation sites (tertiary alicyclic amines) is 1. The molecule has 0 N–H and O–H groups in total. The molecule has 27 heavy (non-hydrogen) atoms. The Kier molecular flexibility index (Phi) is 4.85. The summed E-state index contributed by atoms with van der Waals surface area (Å²) in [5, 5.41) is 1.65. The van der Waals surface area contributed by atoms with Crippen LogP contribution >= 0.6 is 12.2 Å². The van der Waals surface area contributed by atoms with Crippen LogP contribution in [0.1, 0.15) is 24.0 Å². The van der Waals surface area contributed by atoms with E-state index in [4.69, 9.17) is 12.2 Å². The third-order valence-corrected chi connectivity index (χ3v) is 9.01. The van der Waals surface area contributed by atoms with Crippen molar-refractivity contribution in [3.8, 4) is 0 Å². The largest absolute Gasteiger partial charge is 0.360 e. The highest BCUT2D eigenvalue weighted by Crippen LogP contribution is 2.53. The highest BCUT2D eigenvalue weighted by atomic mass is 32.1. The van der Waals surface area contributed by atoms with Gasteiger partial charge < -0.3 is 4.90 Å². The monoisotopic (exact) mass is 391 g/mol. The average molecular weight is 392 g/mol. The Balaban J connectivity index is 1.82. The van der Waals surface area contributed by atoms with Crippen LogP contribution in [0.5, 0.6) is 0 Å². The molecule has 0 spiro atoms. The molecule has 1 heterocycles. The van der Waals surface area contributed by atoms with Gasteiger partial charge in [0, 0.05) is 13.1 Å². The first kappa shape index (κ1) is 18.6. The molecule has 4 rings (SSSR count). The summed E-state index contributed by atoms with van der Waals surface area (Å²) in [6, 6.07) is 21.9. The van der Waals surface area contributed by atoms with Gasteiger partial charge in [0.2, 0.25) is 0 Å². The Hall–Kier alpha value is -1.71. The predicted molar refractivity (Wildman–Crippen MR) is 122 cm³/mol. The summed E-state index contributed by atoms with van der Waals surface area (Å²) in [6.45, 7) is 9.44. The van der Waals surface area contributed by atoms with Crippen LogP contribution in [0.4, 0.5) is 0 Å². The van der Waals surface area contributed by atoms with Crippen LogP contribution in [0.3, 0.4) is 0 Å². The van der Waals surface area contributed by atoms with Gasteiger partial charge in [-0.3, -0.25) is 0 Å². The van der Waals surface area contributed by atoms with Crippen molar-refractivity contribution in [3.63, 3.8) is 0 Å². The molecule has 1 aliphatic carbocycles. The summed E-state index contributed by atoms with van der Waals surface area (Å²) < 4.78 is 0. The summed E-state index contributed by atoms with van der Waals surface area (Å²) in [4.78, 5) is 3.64. The van der Waals surface area contributed by atoms with Crippen molar-refractivity contribution < 1.29 is 0 Å². The number of nitrogens with zero attached hydrogens (tertiary/aromatic N) is 1. The fourth-order valence-electron chi connectivity index (χ4n) is 5.20. The summed E-state index contributed by atoms with van der Waals surface area (Å²) >= 11 is 6.28. The van der Waals surface area contributed by atoms with E-state index in [1.54, 1.807) is 5.20 Å². The first-order chi connectivity index (χ1) is 12.9. The van der Waals surface area contributed by atoms with Gasteiger partial charge in [-0.2, -0.15) is 0 Å². The Morgan fingerprint density at radius 3 is 2.26 bits per heavy atom. The average Bonchev–Trinajstić information content (AvgIpc) is 2.95. The molecule has 3 heteroatoms. The summed E-state index contributed by atoms with van der Waals surface area (Å²) in [7, 11) is -1.51. The van der Waals surface area contributed by atoms with Gasteiger partial charge in [-0.25, -0.2) is 0 Å². The third kappa shape index (κ3) is 3.11. The summed E-state index contributed by atoms with van der Waals surface area (Å²) in [5.41, 5.74) is 2.68. The molecular weight excluding hydrogens is 362 g/mol. The highest BCUT2D eigenvalue weighted by Gasteiger charge is 2.57. The molecule has 2 aromatic rings. The van der Waals surface area contributed by atoms with Gasteiger partial charge in [-0.1, -0.05) is 104 Å². The molecule has 0 saturated carbocycles. The maximum Gasteiger partial charge on any atom is 0.0930 e. The highest BCUT2D eigenvalue weighted by molar-refractivity contribution is 7.80. The Labute approximate surface area is 170 Å². The topological polar surface area (TPSA) is 3.24 Å². The van der Waals surface area contributed by atoms with E-state index in [1.807, 2.05) is 0 Å². The molecule has 1 saturated heterocycles. The smallest absolute Gasteiger partial charge is 0.0930 e. The normalized spacial score (nSPS) is 25.3. The molecule has 2 atom stereocenters. The second kappa shape index (κ2) is 7.03. The molecule has 1 aliphatic heterocycles. The molecule has 0 amide bonds. The van der Waals surface area contributed by atoms with Gasteiger partial charge in [0.05, 0.1) is 18.5 Å². The SMILES string of the molecule is C[Si](C)(C)C1=CCC[C@H]2CN(Cc3ccccc3)C(=S)[C@@]12c1ccccc1. The summed E-state index contributed by atoms with van der Waals surface area (Å²) in [6.07, 6.45) is 4.98. The fraction of sp³-hybridized carbons (Fsp3) is 0.375. The molecule has 0 bridgehead atoms. The van der Waals surface area contributed by atoms with Crippen molar-refractivity contribution >= 4 is 25.3 Å². The quantitative estimate of drug-likeness (QED) is 0.466. The lowest BCUT2D eigenvalue weighted by atomic mass is 9.67. The molecule has 2 aliphatic rings. The summed E-state index contributed by atoms with van der Waals surface area (Å²) in [5.74, 6) is 0.586. The van der Waals surface area contributed by atoms with Crippen LogP contribution in [0.15, 0.2) is 71.9 Å². The second-order valence-electron chi connectivity index (χ2n) is 8.99. The predicted octanol–water partition coefficient (Wildman–Crippen LogP) is 5.98. The number of thiocarbonyl (C=S) groups is 1. The molecule has 2 aromatic carbocycles. The molecule has 1 nitrogen and oxygen atoms in total. The number of rotatable bonds is 4. The minimum Gasteiger partial charge on any atom is -0.360 e. The zero-order valence-electron chi connectivity index (χ0n) is 16.6. The first-order valence-electron chi connectivity index (χ1n) is 10.0. The minimum absolute atomic E-state index is 0.0753. The van der Waals surface area contributed by atoms with E-state index in [1.165, 1.54) is 24.0 Å². The van der Waals surface area contributed by atoms with E-state index in [0.29, 0.717) is 5.92 Å². The van der Waals surface area contributed by atoms with Crippen LogP contribution < -0.4 is 0 Å². The van der Waals surface area contributed by atoms with E-state index < -0.39 is 8.07 Å². The van der Waals surface area contributed by atoms with E-state index in [-0.39, 0.29) is 5.41 Å². The van der Waals surface area contributed by atoms with Crippen LogP contribution in [-0.4, -0.2) is 24.5 Å². The Morgan fingerprint density at radius 1 is 1.00 bits per heavy atom. The maximum absolute atomic E-state index is 6.28. The molecule has 0 radical (unpaired) electrons. The zero-order valence-corrected chi connectivity index (χ0v) is 18.4. The molecular formula is C24H29NSSi. The molecule has 0 aromatic heterocycles. The van der Waals surface area contributed by atoms with Crippen LogP contribution in [0.2, 0.25) is 19.6 Å². The second-order valence-corrected chi connectivity index (χ2v) is 14.4. The molecule has 140 valence electrons. The minimum atomic E-state index is -1.51. The maximum atomic E-state index is 6.28. The Bertz CT molecular complexity index is 853. The van der Waals surface area contributed by atoms with Gasteiger partial charge in [-0.15, -0.1) is 0 Å². The van der Waals surface area contributed by atoms with Gasteiger partial charge in [-0.05, 0) is 29.9 Å². The molecule has 0 unspecified atom stereocenters. The van der Waals surface area contributed by atoms with Crippen molar-refractivity contribution in [1.29, 1.82) is 0 Å². The molecule has 1 fully saturated rings. The lowest BCUT2D eigenvalue weighted by Crippen LogP contribution is -2.50. The van der Waals surface area contributed by atoms with Crippen molar-refractivity contribution in [3.05, 3.63) is 83.1 Å². The zero-order chi connectivity index (χ0) is 19.1. The number of allylic oxidation sites excluding steroid dienone is 1. The van der Waals surface area contributed by atoms with Crippen molar-refractivity contribution in [2.75, 3.05) is 6.54 Å². The number of fused-ring (bicyclic) bond motifs is 1. The van der Waals surface area contributed by atoms with E-state index in [9.17, 15) is 0 Å². The van der Waals surface area contributed by atoms with E-state index in [0.717, 1.165) is 18.1 Å².